The maximum Gasteiger partial charge on any atom is 0.245 e. The van der Waals surface area contributed by atoms with Gasteiger partial charge in [0.05, 0.1) is 22.0 Å². The predicted molar refractivity (Wildman–Crippen MR) is 99.8 cm³/mol. The van der Waals surface area contributed by atoms with Crippen LogP contribution in [0.25, 0.3) is 0 Å². The number of benzene rings is 1. The normalized spacial score (nSPS) is 23.2. The zero-order valence-electron chi connectivity index (χ0n) is 14.3. The second-order valence-corrected chi connectivity index (χ2v) is 7.56. The maximum absolute atomic E-state index is 13.1. The van der Waals surface area contributed by atoms with Gasteiger partial charge in [-0.05, 0) is 55.5 Å². The molecule has 0 aromatic heterocycles. The van der Waals surface area contributed by atoms with Gasteiger partial charge in [-0.15, -0.1) is 0 Å². The summed E-state index contributed by atoms with van der Waals surface area (Å²) in [5.41, 5.74) is 2.21. The van der Waals surface area contributed by atoms with E-state index in [-0.39, 0.29) is 23.8 Å². The zero-order chi connectivity index (χ0) is 18.1. The Bertz CT molecular complexity index is 720. The molecular formula is C19H22Cl2N2O2. The van der Waals surface area contributed by atoms with Crippen molar-refractivity contribution >= 4 is 35.0 Å². The van der Waals surface area contributed by atoms with Crippen LogP contribution in [0, 0.1) is 5.92 Å². The van der Waals surface area contributed by atoms with Crippen molar-refractivity contribution in [2.24, 2.45) is 5.92 Å². The van der Waals surface area contributed by atoms with Crippen LogP contribution in [0.2, 0.25) is 10.0 Å². The first-order valence-corrected chi connectivity index (χ1v) is 9.37. The molecule has 2 aliphatic rings. The minimum absolute atomic E-state index is 0.0449. The van der Waals surface area contributed by atoms with E-state index in [4.69, 9.17) is 23.2 Å². The largest absolute Gasteiger partial charge is 0.338 e. The predicted octanol–water partition coefficient (Wildman–Crippen LogP) is 3.86. The molecule has 1 aromatic carbocycles. The molecule has 0 saturated carbocycles. The van der Waals surface area contributed by atoms with E-state index in [1.54, 1.807) is 4.90 Å². The highest BCUT2D eigenvalue weighted by Crippen LogP contribution is 2.36. The van der Waals surface area contributed by atoms with Crippen LogP contribution in [-0.2, 0) is 16.0 Å². The zero-order valence-corrected chi connectivity index (χ0v) is 15.8. The Labute approximate surface area is 158 Å². The Morgan fingerprint density at radius 2 is 1.96 bits per heavy atom. The topological polar surface area (TPSA) is 40.6 Å². The first kappa shape index (κ1) is 18.3. The molecule has 0 aliphatic carbocycles. The van der Waals surface area contributed by atoms with Crippen molar-refractivity contribution in [2.45, 2.75) is 32.2 Å². The van der Waals surface area contributed by atoms with Gasteiger partial charge in [0.2, 0.25) is 11.8 Å². The second-order valence-electron chi connectivity index (χ2n) is 6.75. The molecule has 4 nitrogen and oxygen atoms in total. The monoisotopic (exact) mass is 380 g/mol. The van der Waals surface area contributed by atoms with Crippen LogP contribution < -0.4 is 0 Å². The van der Waals surface area contributed by atoms with Crippen LogP contribution in [0.4, 0.5) is 0 Å². The lowest BCUT2D eigenvalue weighted by atomic mass is 9.90. The molecule has 25 heavy (non-hydrogen) atoms. The summed E-state index contributed by atoms with van der Waals surface area (Å²) < 4.78 is 0. The Hall–Kier alpha value is -1.52. The van der Waals surface area contributed by atoms with Gasteiger partial charge in [0.15, 0.2) is 0 Å². The molecule has 3 rings (SSSR count). The van der Waals surface area contributed by atoms with Crippen LogP contribution in [0.3, 0.4) is 0 Å². The highest BCUT2D eigenvalue weighted by molar-refractivity contribution is 6.42. The fourth-order valence-electron chi connectivity index (χ4n) is 3.85. The van der Waals surface area contributed by atoms with Gasteiger partial charge in [0.25, 0.3) is 0 Å². The molecule has 0 N–H and O–H groups in total. The number of fused-ring (bicyclic) bond motifs is 1. The second kappa shape index (κ2) is 7.38. The number of rotatable bonds is 2. The van der Waals surface area contributed by atoms with Crippen LogP contribution in [-0.4, -0.2) is 41.2 Å². The molecular weight excluding hydrogens is 359 g/mol. The van der Waals surface area contributed by atoms with Crippen molar-refractivity contribution in [3.8, 4) is 0 Å². The first-order valence-electron chi connectivity index (χ1n) is 8.62. The van der Waals surface area contributed by atoms with Crippen LogP contribution >= 0.6 is 23.2 Å². The van der Waals surface area contributed by atoms with Crippen molar-refractivity contribution in [3.05, 3.63) is 46.0 Å². The van der Waals surface area contributed by atoms with E-state index < -0.39 is 0 Å². The molecule has 134 valence electrons. The molecule has 0 bridgehead atoms. The van der Waals surface area contributed by atoms with Gasteiger partial charge in [-0.1, -0.05) is 29.8 Å². The number of amides is 2. The van der Waals surface area contributed by atoms with Gasteiger partial charge in [-0.2, -0.15) is 0 Å². The summed E-state index contributed by atoms with van der Waals surface area (Å²) in [7, 11) is 0. The van der Waals surface area contributed by atoms with Gasteiger partial charge in [-0.25, -0.2) is 0 Å². The van der Waals surface area contributed by atoms with Crippen LogP contribution in [0.5, 0.6) is 0 Å². The van der Waals surface area contributed by atoms with Gasteiger partial charge in [-0.3, -0.25) is 9.59 Å². The number of hydrogen-bond donors (Lipinski definition) is 0. The van der Waals surface area contributed by atoms with Crippen LogP contribution in [0.1, 0.15) is 36.9 Å². The SMILES string of the molecule is C=CC(=O)N1CCCC(C(=O)N2CCc3cc(Cl)c(Cl)cc3C2C)C1. The lowest BCUT2D eigenvalue weighted by Gasteiger charge is -2.40. The van der Waals surface area contributed by atoms with Crippen molar-refractivity contribution < 1.29 is 9.59 Å². The minimum atomic E-state index is -0.149. The molecule has 0 spiro atoms. The van der Waals surface area contributed by atoms with E-state index in [9.17, 15) is 9.59 Å². The van der Waals surface area contributed by atoms with E-state index >= 15 is 0 Å². The molecule has 0 radical (unpaired) electrons. The number of carbonyl (C=O) groups excluding carboxylic acids is 2. The molecule has 2 heterocycles. The van der Waals surface area contributed by atoms with Crippen molar-refractivity contribution in [3.63, 3.8) is 0 Å². The molecule has 2 unspecified atom stereocenters. The standard InChI is InChI=1S/C19H22Cl2N2O2/c1-3-18(24)22-7-4-5-14(11-22)19(25)23-8-6-13-9-16(20)17(21)10-15(13)12(23)2/h3,9-10,12,14H,1,4-8,11H2,2H3. The molecule has 2 atom stereocenters. The quantitative estimate of drug-likeness (QED) is 0.730. The lowest BCUT2D eigenvalue weighted by molar-refractivity contribution is -0.141. The number of hydrogen-bond acceptors (Lipinski definition) is 2. The van der Waals surface area contributed by atoms with Gasteiger partial charge >= 0.3 is 0 Å². The van der Waals surface area contributed by atoms with Crippen molar-refractivity contribution in [1.82, 2.24) is 9.80 Å². The average molecular weight is 381 g/mol. The van der Waals surface area contributed by atoms with Crippen molar-refractivity contribution in [1.29, 1.82) is 0 Å². The third-order valence-corrected chi connectivity index (χ3v) is 5.98. The Balaban J connectivity index is 1.77. The van der Waals surface area contributed by atoms with E-state index in [2.05, 4.69) is 6.58 Å². The maximum atomic E-state index is 13.1. The van der Waals surface area contributed by atoms with Gasteiger partial charge < -0.3 is 9.80 Å². The smallest absolute Gasteiger partial charge is 0.245 e. The molecule has 2 aliphatic heterocycles. The number of carbonyl (C=O) groups is 2. The number of halogens is 2. The molecule has 1 aromatic rings. The molecule has 1 saturated heterocycles. The molecule has 2 amide bonds. The van der Waals surface area contributed by atoms with Crippen LogP contribution in [0.15, 0.2) is 24.8 Å². The highest BCUT2D eigenvalue weighted by atomic mass is 35.5. The van der Waals surface area contributed by atoms with Crippen molar-refractivity contribution in [2.75, 3.05) is 19.6 Å². The van der Waals surface area contributed by atoms with E-state index in [1.165, 1.54) is 6.08 Å². The number of nitrogens with zero attached hydrogens (tertiary/aromatic N) is 2. The summed E-state index contributed by atoms with van der Waals surface area (Å²) in [5.74, 6) is -0.133. The number of piperidine rings is 1. The Morgan fingerprint density at radius 1 is 1.24 bits per heavy atom. The Kier molecular flexibility index (Phi) is 5.40. The summed E-state index contributed by atoms with van der Waals surface area (Å²) in [4.78, 5) is 28.6. The first-order chi connectivity index (χ1) is 11.9. The highest BCUT2D eigenvalue weighted by Gasteiger charge is 2.35. The fourth-order valence-corrected chi connectivity index (χ4v) is 4.21. The molecule has 1 fully saturated rings. The summed E-state index contributed by atoms with van der Waals surface area (Å²) in [6, 6.07) is 3.73. The van der Waals surface area contributed by atoms with Gasteiger partial charge in [0, 0.05) is 19.6 Å². The third-order valence-electron chi connectivity index (χ3n) is 5.26. The summed E-state index contributed by atoms with van der Waals surface area (Å²) in [6.45, 7) is 7.39. The third kappa shape index (κ3) is 3.56. The summed E-state index contributed by atoms with van der Waals surface area (Å²) in [5, 5.41) is 1.07. The fraction of sp³-hybridized carbons (Fsp3) is 0.474. The van der Waals surface area contributed by atoms with E-state index in [0.29, 0.717) is 29.7 Å². The Morgan fingerprint density at radius 3 is 2.68 bits per heavy atom. The van der Waals surface area contributed by atoms with E-state index in [1.807, 2.05) is 24.0 Å². The van der Waals surface area contributed by atoms with Gasteiger partial charge in [0.1, 0.15) is 0 Å². The minimum Gasteiger partial charge on any atom is -0.338 e. The number of likely N-dealkylation sites (tertiary alicyclic amines) is 1. The molecule has 6 heteroatoms. The summed E-state index contributed by atoms with van der Waals surface area (Å²) >= 11 is 12.3. The van der Waals surface area contributed by atoms with E-state index in [0.717, 1.165) is 30.4 Å². The summed E-state index contributed by atoms with van der Waals surface area (Å²) in [6.07, 6.45) is 3.75. The lowest BCUT2D eigenvalue weighted by Crippen LogP contribution is -2.48. The average Bonchev–Trinajstić information content (AvgIpc) is 2.62.